The largest absolute Gasteiger partial charge is 0.235 e. The predicted octanol–water partition coefficient (Wildman–Crippen LogP) is 4.44. The van der Waals surface area contributed by atoms with Gasteiger partial charge in [0, 0.05) is 5.75 Å². The molecule has 0 aliphatic carbocycles. The third-order valence-electron chi connectivity index (χ3n) is 2.14. The fourth-order valence-corrected chi connectivity index (χ4v) is 3.01. The maximum Gasteiger partial charge on any atom is 0.107 e. The molecule has 16 heavy (non-hydrogen) atoms. The van der Waals surface area contributed by atoms with Crippen LogP contribution in [0.4, 0.5) is 0 Å². The van der Waals surface area contributed by atoms with Crippen molar-refractivity contribution in [3.63, 3.8) is 0 Å². The monoisotopic (exact) mass is 293 g/mol. The number of benzene rings is 1. The lowest BCUT2D eigenvalue weighted by molar-refractivity contribution is 1.08. The zero-order valence-corrected chi connectivity index (χ0v) is 11.4. The number of nitrogens with zero attached hydrogens (tertiary/aromatic N) is 1. The molecule has 1 heterocycles. The summed E-state index contributed by atoms with van der Waals surface area (Å²) < 4.78 is 0.906. The van der Waals surface area contributed by atoms with E-state index in [-0.39, 0.29) is 0 Å². The molecule has 0 aliphatic heterocycles. The molecule has 1 nitrogen and oxygen atoms in total. The molecule has 0 amide bonds. The first-order valence-corrected chi connectivity index (χ1v) is 6.83. The summed E-state index contributed by atoms with van der Waals surface area (Å²) in [6.07, 6.45) is 0. The molecular formula is C13H12BrNS. The van der Waals surface area contributed by atoms with E-state index in [0.29, 0.717) is 0 Å². The summed E-state index contributed by atoms with van der Waals surface area (Å²) in [5.74, 6) is 0.962. The van der Waals surface area contributed by atoms with Crippen LogP contribution in [0.25, 0.3) is 0 Å². The maximum atomic E-state index is 4.43. The number of rotatable bonds is 3. The molecule has 1 aromatic carbocycles. The van der Waals surface area contributed by atoms with Crippen molar-refractivity contribution in [2.24, 2.45) is 0 Å². The Morgan fingerprint density at radius 3 is 2.62 bits per heavy atom. The Bertz CT molecular complexity index is 450. The third-order valence-corrected chi connectivity index (χ3v) is 3.53. The number of hydrogen-bond acceptors (Lipinski definition) is 2. The van der Waals surface area contributed by atoms with Gasteiger partial charge in [0.05, 0.1) is 5.03 Å². The van der Waals surface area contributed by atoms with Crippen LogP contribution < -0.4 is 0 Å². The molecule has 2 rings (SSSR count). The average molecular weight is 294 g/mol. The number of hydrogen-bond donors (Lipinski definition) is 0. The van der Waals surface area contributed by atoms with Gasteiger partial charge in [0.25, 0.3) is 0 Å². The van der Waals surface area contributed by atoms with E-state index in [9.17, 15) is 0 Å². The molecule has 0 saturated carbocycles. The minimum absolute atomic E-state index is 0.906. The van der Waals surface area contributed by atoms with Gasteiger partial charge in [-0.05, 0) is 46.1 Å². The first-order valence-electron chi connectivity index (χ1n) is 5.05. The van der Waals surface area contributed by atoms with Crippen molar-refractivity contribution < 1.29 is 0 Å². The van der Waals surface area contributed by atoms with Crippen molar-refractivity contribution in [3.8, 4) is 0 Å². The standard InChI is InChI=1S/C13H12BrNS/c1-10-7-12(14)15-13(8-10)16-9-11-5-3-2-4-6-11/h2-8H,9H2,1H3. The molecule has 0 radical (unpaired) electrons. The molecule has 3 heteroatoms. The average Bonchev–Trinajstić information content (AvgIpc) is 2.27. The molecule has 82 valence electrons. The molecule has 0 unspecified atom stereocenters. The van der Waals surface area contributed by atoms with Crippen molar-refractivity contribution >= 4 is 27.7 Å². The van der Waals surface area contributed by atoms with E-state index in [1.165, 1.54) is 11.1 Å². The van der Waals surface area contributed by atoms with E-state index in [0.717, 1.165) is 15.4 Å². The minimum atomic E-state index is 0.906. The van der Waals surface area contributed by atoms with Crippen molar-refractivity contribution in [3.05, 3.63) is 58.2 Å². The van der Waals surface area contributed by atoms with Crippen molar-refractivity contribution in [2.75, 3.05) is 0 Å². The summed E-state index contributed by atoms with van der Waals surface area (Å²) >= 11 is 5.18. The van der Waals surface area contributed by atoms with E-state index < -0.39 is 0 Å². The minimum Gasteiger partial charge on any atom is -0.235 e. The fraction of sp³-hybridized carbons (Fsp3) is 0.154. The third kappa shape index (κ3) is 3.35. The second-order valence-electron chi connectivity index (χ2n) is 3.58. The lowest BCUT2D eigenvalue weighted by Crippen LogP contribution is -1.85. The van der Waals surface area contributed by atoms with E-state index >= 15 is 0 Å². The quantitative estimate of drug-likeness (QED) is 0.613. The van der Waals surface area contributed by atoms with Crippen LogP contribution >= 0.6 is 27.7 Å². The second-order valence-corrected chi connectivity index (χ2v) is 5.39. The summed E-state index contributed by atoms with van der Waals surface area (Å²) in [5, 5.41) is 1.07. The zero-order valence-electron chi connectivity index (χ0n) is 8.98. The summed E-state index contributed by atoms with van der Waals surface area (Å²) in [6.45, 7) is 2.08. The van der Waals surface area contributed by atoms with Crippen LogP contribution in [0, 0.1) is 6.92 Å². The van der Waals surface area contributed by atoms with Crippen LogP contribution in [0.2, 0.25) is 0 Å². The maximum absolute atomic E-state index is 4.43. The number of aromatic nitrogens is 1. The van der Waals surface area contributed by atoms with Crippen molar-refractivity contribution in [1.29, 1.82) is 0 Å². The van der Waals surface area contributed by atoms with Crippen LogP contribution in [0.5, 0.6) is 0 Å². The number of aryl methyl sites for hydroxylation is 1. The van der Waals surface area contributed by atoms with Crippen LogP contribution in [0.1, 0.15) is 11.1 Å². The van der Waals surface area contributed by atoms with Crippen LogP contribution in [0.15, 0.2) is 52.1 Å². The van der Waals surface area contributed by atoms with E-state index in [4.69, 9.17) is 0 Å². The highest BCUT2D eigenvalue weighted by Crippen LogP contribution is 2.23. The molecule has 0 aliphatic rings. The highest BCUT2D eigenvalue weighted by molar-refractivity contribution is 9.10. The number of halogens is 1. The topological polar surface area (TPSA) is 12.9 Å². The molecule has 0 fully saturated rings. The smallest absolute Gasteiger partial charge is 0.107 e. The van der Waals surface area contributed by atoms with Gasteiger partial charge in [0.15, 0.2) is 0 Å². The molecule has 2 aromatic rings. The fourth-order valence-electron chi connectivity index (χ4n) is 1.40. The Labute approximate surface area is 108 Å². The normalized spacial score (nSPS) is 10.4. The van der Waals surface area contributed by atoms with Crippen LogP contribution in [-0.4, -0.2) is 4.98 Å². The first kappa shape index (κ1) is 11.7. The lowest BCUT2D eigenvalue weighted by Gasteiger charge is -2.03. The first-order chi connectivity index (χ1) is 7.74. The van der Waals surface area contributed by atoms with E-state index in [1.54, 1.807) is 11.8 Å². The molecule has 0 saturated heterocycles. The van der Waals surface area contributed by atoms with Gasteiger partial charge in [-0.1, -0.05) is 30.3 Å². The van der Waals surface area contributed by atoms with Crippen LogP contribution in [0.3, 0.4) is 0 Å². The van der Waals surface area contributed by atoms with Crippen molar-refractivity contribution in [2.45, 2.75) is 17.7 Å². The van der Waals surface area contributed by atoms with Gasteiger partial charge in [0.2, 0.25) is 0 Å². The van der Waals surface area contributed by atoms with Gasteiger partial charge >= 0.3 is 0 Å². The second kappa shape index (κ2) is 5.51. The molecule has 0 atom stereocenters. The molecule has 0 N–H and O–H groups in total. The lowest BCUT2D eigenvalue weighted by atomic mass is 10.2. The zero-order chi connectivity index (χ0) is 11.4. The summed E-state index contributed by atoms with van der Waals surface area (Å²) in [4.78, 5) is 4.43. The Kier molecular flexibility index (Phi) is 4.02. The van der Waals surface area contributed by atoms with Crippen molar-refractivity contribution in [1.82, 2.24) is 4.98 Å². The Morgan fingerprint density at radius 2 is 1.94 bits per heavy atom. The highest BCUT2D eigenvalue weighted by Gasteiger charge is 2.00. The van der Waals surface area contributed by atoms with Gasteiger partial charge in [-0.25, -0.2) is 4.98 Å². The van der Waals surface area contributed by atoms with Gasteiger partial charge < -0.3 is 0 Å². The van der Waals surface area contributed by atoms with Gasteiger partial charge in [-0.2, -0.15) is 0 Å². The summed E-state index contributed by atoms with van der Waals surface area (Å²) in [5.41, 5.74) is 2.56. The van der Waals surface area contributed by atoms with Gasteiger partial charge in [-0.3, -0.25) is 0 Å². The van der Waals surface area contributed by atoms with Gasteiger partial charge in [0.1, 0.15) is 4.60 Å². The van der Waals surface area contributed by atoms with E-state index in [2.05, 4.69) is 58.2 Å². The van der Waals surface area contributed by atoms with Gasteiger partial charge in [-0.15, -0.1) is 11.8 Å². The summed E-state index contributed by atoms with van der Waals surface area (Å²) in [6, 6.07) is 14.6. The van der Waals surface area contributed by atoms with Crippen LogP contribution in [-0.2, 0) is 5.75 Å². The molecular weight excluding hydrogens is 282 g/mol. The Hall–Kier alpha value is -0.800. The number of pyridine rings is 1. The van der Waals surface area contributed by atoms with E-state index in [1.807, 2.05) is 12.1 Å². The SMILES string of the molecule is Cc1cc(Br)nc(SCc2ccccc2)c1. The molecule has 1 aromatic heterocycles. The summed E-state index contributed by atoms with van der Waals surface area (Å²) in [7, 11) is 0. The molecule has 0 bridgehead atoms. The number of thioether (sulfide) groups is 1. The predicted molar refractivity (Wildman–Crippen MR) is 72.7 cm³/mol. The Balaban J connectivity index is 2.05. The highest BCUT2D eigenvalue weighted by atomic mass is 79.9. The Morgan fingerprint density at radius 1 is 1.19 bits per heavy atom. The molecule has 0 spiro atoms.